The van der Waals surface area contributed by atoms with Crippen molar-refractivity contribution in [2.45, 2.75) is 103 Å². The van der Waals surface area contributed by atoms with Gasteiger partial charge in [0.05, 0.1) is 38.3 Å². The monoisotopic (exact) mass is 648 g/mol. The standard InChI is InChI=1S/C34H48O12/c1-6-7-8-9-10-15-28(35)45-31-23(19-30(37)41-5)18-24-20-25(21-40-4)44-29(36)16-17-42-27-14-12-11-13-26(27)32(38)43-22-33(2,3)34(31,39)46-24/h11-14,19,24-25,31,39H,6-10,15-18,20-22H2,1-5H3/b23-19+/t24-,25+,31-,34+/m0/s1. The number of aliphatic hydroxyl groups is 1. The van der Waals surface area contributed by atoms with Crippen molar-refractivity contribution in [2.24, 2.45) is 5.41 Å². The molecule has 3 rings (SSSR count). The number of ether oxygens (including phenoxy) is 7. The van der Waals surface area contributed by atoms with Crippen LogP contribution in [-0.2, 0) is 42.8 Å². The van der Waals surface area contributed by atoms with Gasteiger partial charge in [-0.25, -0.2) is 9.59 Å². The second kappa shape index (κ2) is 17.4. The SMILES string of the molecule is CCCCCCCC(=O)O[C@H]1/C(=C/C(=O)OC)C[C@H]2C[C@H](COC)OC(=O)CCOc3ccccc3C(=O)OCC(C)(C)[C@]1(O)O2. The van der Waals surface area contributed by atoms with Crippen molar-refractivity contribution in [1.82, 2.24) is 0 Å². The number of esters is 4. The topological polar surface area (TPSA) is 153 Å². The molecule has 256 valence electrons. The third kappa shape index (κ3) is 10.0. The molecule has 1 fully saturated rings. The molecule has 2 aliphatic heterocycles. The smallest absolute Gasteiger partial charge is 0.341 e. The lowest BCUT2D eigenvalue weighted by atomic mass is 9.75. The molecule has 4 atom stereocenters. The van der Waals surface area contributed by atoms with Crippen LogP contribution in [0.5, 0.6) is 5.75 Å². The molecule has 12 heteroatoms. The van der Waals surface area contributed by atoms with E-state index in [9.17, 15) is 24.3 Å². The van der Waals surface area contributed by atoms with E-state index >= 15 is 0 Å². The lowest BCUT2D eigenvalue weighted by Gasteiger charge is -2.51. The third-order valence-corrected chi connectivity index (χ3v) is 8.12. The maximum atomic E-state index is 13.3. The average Bonchev–Trinajstić information content (AvgIpc) is 3.01. The van der Waals surface area contributed by atoms with Gasteiger partial charge in [-0.2, -0.15) is 0 Å². The Kier molecular flexibility index (Phi) is 14.0. The van der Waals surface area contributed by atoms with E-state index in [-0.39, 0.29) is 62.4 Å². The van der Waals surface area contributed by atoms with Gasteiger partial charge in [-0.3, -0.25) is 9.59 Å². The minimum absolute atomic E-state index is 0.0290. The summed E-state index contributed by atoms with van der Waals surface area (Å²) in [5.41, 5.74) is -1.06. The number of methoxy groups -OCH3 is 2. The first kappa shape index (κ1) is 37.0. The Bertz CT molecular complexity index is 1220. The highest BCUT2D eigenvalue weighted by Crippen LogP contribution is 2.46. The summed E-state index contributed by atoms with van der Waals surface area (Å²) in [6, 6.07) is 6.41. The number of hydrogen-bond acceptors (Lipinski definition) is 12. The van der Waals surface area contributed by atoms with Crippen LogP contribution in [0.15, 0.2) is 35.9 Å². The molecule has 0 aromatic heterocycles. The molecule has 1 aromatic rings. The van der Waals surface area contributed by atoms with Crippen LogP contribution in [0.1, 0.15) is 88.9 Å². The van der Waals surface area contributed by atoms with Gasteiger partial charge in [0.1, 0.15) is 24.0 Å². The van der Waals surface area contributed by atoms with Crippen LogP contribution >= 0.6 is 0 Å². The first-order chi connectivity index (χ1) is 21.9. The van der Waals surface area contributed by atoms with E-state index in [2.05, 4.69) is 6.92 Å². The molecule has 1 aromatic carbocycles. The Morgan fingerprint density at radius 1 is 1.07 bits per heavy atom. The van der Waals surface area contributed by atoms with Crippen molar-refractivity contribution >= 4 is 23.9 Å². The zero-order chi connectivity index (χ0) is 33.7. The Labute approximate surface area is 270 Å². The summed E-state index contributed by atoms with van der Waals surface area (Å²) in [7, 11) is 2.67. The molecule has 0 aliphatic carbocycles. The van der Waals surface area contributed by atoms with Gasteiger partial charge in [-0.1, -0.05) is 58.6 Å². The summed E-state index contributed by atoms with van der Waals surface area (Å²) in [5, 5.41) is 12.4. The van der Waals surface area contributed by atoms with Crippen LogP contribution in [0.3, 0.4) is 0 Å². The Hall–Kier alpha value is -3.48. The molecule has 1 saturated heterocycles. The van der Waals surface area contributed by atoms with Gasteiger partial charge in [0, 0.05) is 26.0 Å². The molecular weight excluding hydrogens is 600 g/mol. The first-order valence-electron chi connectivity index (χ1n) is 15.9. The van der Waals surface area contributed by atoms with Crippen LogP contribution < -0.4 is 4.74 Å². The molecule has 2 heterocycles. The number of benzene rings is 1. The second-order valence-corrected chi connectivity index (χ2v) is 12.3. The molecule has 0 unspecified atom stereocenters. The molecule has 0 radical (unpaired) electrons. The number of hydrogen-bond donors (Lipinski definition) is 1. The summed E-state index contributed by atoms with van der Waals surface area (Å²) in [5.74, 6) is -4.70. The number of rotatable bonds is 10. The van der Waals surface area contributed by atoms with Crippen molar-refractivity contribution in [1.29, 1.82) is 0 Å². The largest absolute Gasteiger partial charge is 0.492 e. The minimum atomic E-state index is -2.30. The van der Waals surface area contributed by atoms with Gasteiger partial charge in [-0.05, 0) is 30.5 Å². The summed E-state index contributed by atoms with van der Waals surface area (Å²) in [6.07, 6.45) is 2.73. The Morgan fingerprint density at radius 3 is 2.52 bits per heavy atom. The van der Waals surface area contributed by atoms with Crippen LogP contribution in [0.2, 0.25) is 0 Å². The maximum absolute atomic E-state index is 13.3. The Balaban J connectivity index is 2.04. The summed E-state index contributed by atoms with van der Waals surface area (Å²) in [4.78, 5) is 51.7. The number of unbranched alkanes of at least 4 members (excludes halogenated alkanes) is 4. The lowest BCUT2D eigenvalue weighted by Crippen LogP contribution is -2.63. The second-order valence-electron chi connectivity index (χ2n) is 12.3. The number of fused-ring (bicyclic) bond motifs is 3. The molecule has 12 nitrogen and oxygen atoms in total. The van der Waals surface area contributed by atoms with Crippen molar-refractivity contribution < 1.29 is 57.4 Å². The number of cyclic esters (lactones) is 2. The van der Waals surface area contributed by atoms with Crippen LogP contribution in [-0.4, -0.2) is 87.1 Å². The van der Waals surface area contributed by atoms with E-state index in [0.29, 0.717) is 6.42 Å². The molecule has 0 saturated carbocycles. The van der Waals surface area contributed by atoms with E-state index < -0.39 is 53.4 Å². The average molecular weight is 649 g/mol. The predicted molar refractivity (Wildman–Crippen MR) is 165 cm³/mol. The van der Waals surface area contributed by atoms with Crippen molar-refractivity contribution in [3.63, 3.8) is 0 Å². The summed E-state index contributed by atoms with van der Waals surface area (Å²) >= 11 is 0. The van der Waals surface area contributed by atoms with Crippen molar-refractivity contribution in [3.8, 4) is 5.75 Å². The van der Waals surface area contributed by atoms with Crippen LogP contribution in [0, 0.1) is 5.41 Å². The van der Waals surface area contributed by atoms with Crippen molar-refractivity contribution in [2.75, 3.05) is 34.0 Å². The highest BCUT2D eigenvalue weighted by Gasteiger charge is 2.59. The van der Waals surface area contributed by atoms with Gasteiger partial charge in [0.15, 0.2) is 6.10 Å². The predicted octanol–water partition coefficient (Wildman–Crippen LogP) is 4.45. The van der Waals surface area contributed by atoms with E-state index in [1.165, 1.54) is 26.4 Å². The maximum Gasteiger partial charge on any atom is 0.341 e. The van der Waals surface area contributed by atoms with Crippen LogP contribution in [0.25, 0.3) is 0 Å². The fourth-order valence-electron chi connectivity index (χ4n) is 5.50. The molecule has 0 spiro atoms. The van der Waals surface area contributed by atoms with Crippen LogP contribution in [0.4, 0.5) is 0 Å². The lowest BCUT2D eigenvalue weighted by molar-refractivity contribution is -0.340. The molecule has 0 amide bonds. The molecule has 2 bridgehead atoms. The van der Waals surface area contributed by atoms with Crippen molar-refractivity contribution in [3.05, 3.63) is 41.5 Å². The summed E-state index contributed by atoms with van der Waals surface area (Å²) in [6.45, 7) is 4.91. The molecular formula is C34H48O12. The van der Waals surface area contributed by atoms with E-state index in [1.54, 1.807) is 32.0 Å². The van der Waals surface area contributed by atoms with Gasteiger partial charge >= 0.3 is 23.9 Å². The highest BCUT2D eigenvalue weighted by molar-refractivity contribution is 5.92. The van der Waals surface area contributed by atoms with Gasteiger partial charge in [0.25, 0.3) is 0 Å². The van der Waals surface area contributed by atoms with Gasteiger partial charge < -0.3 is 38.3 Å². The summed E-state index contributed by atoms with van der Waals surface area (Å²) < 4.78 is 39.5. The first-order valence-corrected chi connectivity index (χ1v) is 15.9. The number of carbonyl (C=O) groups is 4. The zero-order valence-corrected chi connectivity index (χ0v) is 27.5. The van der Waals surface area contributed by atoms with Gasteiger partial charge in [0.2, 0.25) is 5.79 Å². The third-order valence-electron chi connectivity index (χ3n) is 8.12. The fraction of sp³-hybridized carbons (Fsp3) is 0.647. The number of carbonyl (C=O) groups excluding carboxylic acids is 4. The Morgan fingerprint density at radius 2 is 1.80 bits per heavy atom. The molecule has 2 aliphatic rings. The normalized spacial score (nSPS) is 26.2. The van der Waals surface area contributed by atoms with E-state index in [0.717, 1.165) is 25.7 Å². The number of para-hydroxylation sites is 1. The quantitative estimate of drug-likeness (QED) is 0.165. The molecule has 46 heavy (non-hydrogen) atoms. The minimum Gasteiger partial charge on any atom is -0.492 e. The van der Waals surface area contributed by atoms with E-state index in [4.69, 9.17) is 33.2 Å². The fourth-order valence-corrected chi connectivity index (χ4v) is 5.50. The highest BCUT2D eigenvalue weighted by atomic mass is 16.7. The van der Waals surface area contributed by atoms with E-state index in [1.807, 2.05) is 0 Å². The van der Waals surface area contributed by atoms with Gasteiger partial charge in [-0.15, -0.1) is 0 Å². The zero-order valence-electron chi connectivity index (χ0n) is 27.5. The molecule has 1 N–H and O–H groups in total.